The Morgan fingerprint density at radius 3 is 2.72 bits per heavy atom. The van der Waals surface area contributed by atoms with E-state index in [1.807, 2.05) is 12.1 Å². The van der Waals surface area contributed by atoms with E-state index < -0.39 is 35.1 Å². The summed E-state index contributed by atoms with van der Waals surface area (Å²) in [6.45, 7) is 1.71. The minimum atomic E-state index is -1.01. The summed E-state index contributed by atoms with van der Waals surface area (Å²) < 4.78 is 28.5. The summed E-state index contributed by atoms with van der Waals surface area (Å²) in [4.78, 5) is 50.9. The Balaban J connectivity index is 1.32. The summed E-state index contributed by atoms with van der Waals surface area (Å²) in [5.41, 5.74) is 1.35. The van der Waals surface area contributed by atoms with Crippen LogP contribution < -0.4 is 16.2 Å². The largest absolute Gasteiger partial charge is 0.360 e. The van der Waals surface area contributed by atoms with Gasteiger partial charge in [0, 0.05) is 50.3 Å². The van der Waals surface area contributed by atoms with Gasteiger partial charge in [0.1, 0.15) is 17.3 Å². The molecule has 202 valence electrons. The number of likely N-dealkylation sites (tertiary alicyclic amines) is 1. The minimum absolute atomic E-state index is 0.0370. The van der Waals surface area contributed by atoms with E-state index >= 15 is 0 Å². The summed E-state index contributed by atoms with van der Waals surface area (Å²) in [5, 5.41) is 6.65. The van der Waals surface area contributed by atoms with Crippen LogP contribution in [0.2, 0.25) is 5.15 Å². The third kappa shape index (κ3) is 5.60. The van der Waals surface area contributed by atoms with E-state index in [1.165, 1.54) is 19.2 Å². The van der Waals surface area contributed by atoms with Gasteiger partial charge in [0.25, 0.3) is 5.56 Å². The van der Waals surface area contributed by atoms with Gasteiger partial charge in [-0.25, -0.2) is 18.7 Å². The van der Waals surface area contributed by atoms with Crippen molar-refractivity contribution in [3.05, 3.63) is 87.2 Å². The lowest BCUT2D eigenvalue weighted by Gasteiger charge is -2.21. The quantitative estimate of drug-likeness (QED) is 0.322. The molecule has 5 rings (SSSR count). The zero-order valence-corrected chi connectivity index (χ0v) is 21.5. The van der Waals surface area contributed by atoms with E-state index in [2.05, 4.69) is 25.6 Å². The van der Waals surface area contributed by atoms with E-state index in [0.717, 1.165) is 33.3 Å². The maximum atomic E-state index is 14.0. The molecule has 1 fully saturated rings. The van der Waals surface area contributed by atoms with Crippen LogP contribution in [0.3, 0.4) is 0 Å². The highest BCUT2D eigenvalue weighted by Gasteiger charge is 2.36. The Morgan fingerprint density at radius 2 is 1.95 bits per heavy atom. The van der Waals surface area contributed by atoms with E-state index in [1.54, 1.807) is 17.3 Å². The highest BCUT2D eigenvalue weighted by molar-refractivity contribution is 6.29. The molecule has 3 N–H and O–H groups in total. The number of carbonyl (C=O) groups excluding carboxylic acids is 2. The molecular formula is C26H24ClF2N7O3. The Morgan fingerprint density at radius 1 is 1.13 bits per heavy atom. The number of aromatic nitrogens is 4. The summed E-state index contributed by atoms with van der Waals surface area (Å²) >= 11 is 6.20. The van der Waals surface area contributed by atoms with Gasteiger partial charge in [0.05, 0.1) is 12.2 Å². The number of halogens is 3. The fourth-order valence-corrected chi connectivity index (χ4v) is 4.85. The molecule has 1 aliphatic rings. The molecule has 1 saturated heterocycles. The summed E-state index contributed by atoms with van der Waals surface area (Å²) in [6, 6.07) is 6.79. The molecule has 0 saturated carbocycles. The molecule has 4 aromatic rings. The standard InChI is InChI=1S/C26H24ClF2N7O3/c1-14(37)35-11-18(16-2-3-19(28)20(29)7-16)21(12-35)34-25-26(39)36(22(27)10-33-25)13-23(38)31-8-15-6-17-4-5-30-24(17)32-9-15/h2-7,9-10,18,21H,8,11-13H2,1H3,(H,30,32)(H,31,38)(H,33,34)/t18-,21+/m0/s1. The van der Waals surface area contributed by atoms with Gasteiger partial charge in [0.2, 0.25) is 11.8 Å². The number of amides is 2. The van der Waals surface area contributed by atoms with Gasteiger partial charge in [-0.3, -0.25) is 19.0 Å². The molecule has 0 bridgehead atoms. The highest BCUT2D eigenvalue weighted by Crippen LogP contribution is 2.30. The summed E-state index contributed by atoms with van der Waals surface area (Å²) in [6.07, 6.45) is 4.65. The van der Waals surface area contributed by atoms with Gasteiger partial charge >= 0.3 is 0 Å². The Labute approximate surface area is 226 Å². The molecule has 0 unspecified atom stereocenters. The van der Waals surface area contributed by atoms with E-state index in [9.17, 15) is 23.2 Å². The van der Waals surface area contributed by atoms with Crippen LogP contribution in [0.4, 0.5) is 14.6 Å². The molecule has 0 aliphatic carbocycles. The number of hydrogen-bond acceptors (Lipinski definition) is 6. The van der Waals surface area contributed by atoms with Crippen LogP contribution in [0.15, 0.2) is 53.7 Å². The molecule has 0 radical (unpaired) electrons. The van der Waals surface area contributed by atoms with Gasteiger partial charge < -0.3 is 20.5 Å². The van der Waals surface area contributed by atoms with E-state index in [-0.39, 0.29) is 43.1 Å². The number of aromatic amines is 1. The van der Waals surface area contributed by atoms with Gasteiger partial charge in [0.15, 0.2) is 17.5 Å². The average molecular weight is 556 g/mol. The molecule has 3 aromatic heterocycles. The number of rotatable bonds is 7. The van der Waals surface area contributed by atoms with Crippen molar-refractivity contribution in [3.63, 3.8) is 0 Å². The first kappa shape index (κ1) is 26.3. The van der Waals surface area contributed by atoms with Gasteiger partial charge in [-0.2, -0.15) is 0 Å². The van der Waals surface area contributed by atoms with Crippen molar-refractivity contribution >= 4 is 40.3 Å². The second-order valence-electron chi connectivity index (χ2n) is 9.31. The molecule has 2 atom stereocenters. The fraction of sp³-hybridized carbons (Fsp3) is 0.269. The zero-order valence-electron chi connectivity index (χ0n) is 20.7. The lowest BCUT2D eigenvalue weighted by Crippen LogP contribution is -2.37. The SMILES string of the molecule is CC(=O)N1C[C@@H](Nc2ncc(Cl)n(CC(=O)NCc3cnc4[nH]ccc4c3)c2=O)[C@H](c2ccc(F)c(F)c2)C1. The lowest BCUT2D eigenvalue weighted by molar-refractivity contribution is -0.127. The monoisotopic (exact) mass is 555 g/mol. The van der Waals surface area contributed by atoms with Crippen molar-refractivity contribution < 1.29 is 18.4 Å². The molecule has 0 spiro atoms. The molecule has 39 heavy (non-hydrogen) atoms. The first-order chi connectivity index (χ1) is 18.7. The predicted molar refractivity (Wildman–Crippen MR) is 140 cm³/mol. The van der Waals surface area contributed by atoms with Crippen molar-refractivity contribution in [1.29, 1.82) is 0 Å². The van der Waals surface area contributed by atoms with Gasteiger partial charge in [-0.1, -0.05) is 17.7 Å². The number of nitrogens with one attached hydrogen (secondary N) is 3. The fourth-order valence-electron chi connectivity index (χ4n) is 4.66. The van der Waals surface area contributed by atoms with Crippen molar-refractivity contribution in [1.82, 2.24) is 29.7 Å². The number of nitrogens with zero attached hydrogens (tertiary/aromatic N) is 4. The van der Waals surface area contributed by atoms with Crippen LogP contribution in [0, 0.1) is 11.6 Å². The van der Waals surface area contributed by atoms with Crippen LogP contribution >= 0.6 is 11.6 Å². The number of benzene rings is 1. The Bertz CT molecular complexity index is 1620. The van der Waals surface area contributed by atoms with E-state index in [0.29, 0.717) is 5.56 Å². The molecule has 1 aliphatic heterocycles. The van der Waals surface area contributed by atoms with E-state index in [4.69, 9.17) is 11.6 Å². The molecule has 2 amide bonds. The number of anilines is 1. The van der Waals surface area contributed by atoms with Crippen LogP contribution in [0.1, 0.15) is 24.0 Å². The number of pyridine rings is 1. The van der Waals surface area contributed by atoms with Gasteiger partial charge in [-0.05, 0) is 35.4 Å². The predicted octanol–water partition coefficient (Wildman–Crippen LogP) is 2.79. The van der Waals surface area contributed by atoms with Crippen LogP contribution in [0.25, 0.3) is 11.0 Å². The van der Waals surface area contributed by atoms with Crippen molar-refractivity contribution in [2.24, 2.45) is 0 Å². The smallest absolute Gasteiger partial charge is 0.294 e. The number of carbonyl (C=O) groups is 2. The maximum Gasteiger partial charge on any atom is 0.294 e. The Kier molecular flexibility index (Phi) is 7.29. The second kappa shape index (κ2) is 10.8. The summed E-state index contributed by atoms with van der Waals surface area (Å²) in [7, 11) is 0. The van der Waals surface area contributed by atoms with Crippen LogP contribution in [-0.4, -0.2) is 55.4 Å². The number of fused-ring (bicyclic) bond motifs is 1. The minimum Gasteiger partial charge on any atom is -0.360 e. The first-order valence-electron chi connectivity index (χ1n) is 12.1. The third-order valence-corrected chi connectivity index (χ3v) is 7.01. The average Bonchev–Trinajstić information content (AvgIpc) is 3.55. The summed E-state index contributed by atoms with van der Waals surface area (Å²) in [5.74, 6) is -3.16. The van der Waals surface area contributed by atoms with Crippen LogP contribution in [0.5, 0.6) is 0 Å². The number of hydrogen-bond donors (Lipinski definition) is 3. The normalized spacial score (nSPS) is 17.0. The Hall–Kier alpha value is -4.32. The molecule has 4 heterocycles. The molecule has 13 heteroatoms. The highest BCUT2D eigenvalue weighted by atomic mass is 35.5. The molecular weight excluding hydrogens is 532 g/mol. The third-order valence-electron chi connectivity index (χ3n) is 6.71. The molecule has 10 nitrogen and oxygen atoms in total. The van der Waals surface area contributed by atoms with Crippen LogP contribution in [-0.2, 0) is 22.7 Å². The zero-order chi connectivity index (χ0) is 27.7. The first-order valence-corrected chi connectivity index (χ1v) is 12.5. The topological polar surface area (TPSA) is 125 Å². The van der Waals surface area contributed by atoms with Gasteiger partial charge in [-0.15, -0.1) is 0 Å². The second-order valence-corrected chi connectivity index (χ2v) is 9.70. The lowest BCUT2D eigenvalue weighted by atomic mass is 9.94. The van der Waals surface area contributed by atoms with Crippen molar-refractivity contribution in [2.45, 2.75) is 32.0 Å². The maximum absolute atomic E-state index is 14.0. The molecule has 1 aromatic carbocycles. The number of H-pyrrole nitrogens is 1. The van der Waals surface area contributed by atoms with Crippen molar-refractivity contribution in [3.8, 4) is 0 Å². The van der Waals surface area contributed by atoms with Crippen molar-refractivity contribution in [2.75, 3.05) is 18.4 Å².